The van der Waals surface area contributed by atoms with Crippen molar-refractivity contribution in [3.8, 4) is 5.75 Å². The van der Waals surface area contributed by atoms with Crippen molar-refractivity contribution in [3.63, 3.8) is 0 Å². The zero-order valence-corrected chi connectivity index (χ0v) is 27.0. The molecule has 4 aromatic rings. The molecule has 2 heterocycles. The minimum Gasteiger partial charge on any atom is -0.488 e. The zero-order chi connectivity index (χ0) is 32.5. The van der Waals surface area contributed by atoms with Crippen LogP contribution in [-0.4, -0.2) is 78.0 Å². The Morgan fingerprint density at radius 3 is 2.56 bits per heavy atom. The number of amides is 2. The van der Waals surface area contributed by atoms with E-state index in [1.807, 2.05) is 55.9 Å². The highest BCUT2D eigenvalue weighted by Gasteiger charge is 2.35. The third-order valence-electron chi connectivity index (χ3n) is 8.45. The number of aromatic nitrogens is 1. The maximum absolute atomic E-state index is 13.8. The number of likely N-dealkylation sites (N-methyl/N-ethyl adjacent to an activating group) is 1. The minimum absolute atomic E-state index is 0.0376. The van der Waals surface area contributed by atoms with Crippen LogP contribution in [0.25, 0.3) is 10.9 Å². The molecule has 5 rings (SSSR count). The molecular formula is C34H40N4O6S. The van der Waals surface area contributed by atoms with Crippen LogP contribution in [0.1, 0.15) is 35.3 Å². The first-order valence-corrected chi connectivity index (χ1v) is 16.4. The van der Waals surface area contributed by atoms with Gasteiger partial charge in [-0.15, -0.1) is 0 Å². The molecule has 11 heteroatoms. The van der Waals surface area contributed by atoms with Crippen LogP contribution in [0.4, 0.5) is 5.69 Å². The molecule has 2 N–H and O–H groups in total. The van der Waals surface area contributed by atoms with Gasteiger partial charge in [-0.3, -0.25) is 9.59 Å². The van der Waals surface area contributed by atoms with Crippen LogP contribution >= 0.6 is 0 Å². The Hall–Kier alpha value is -4.19. The van der Waals surface area contributed by atoms with Crippen LogP contribution in [-0.2, 0) is 28.3 Å². The summed E-state index contributed by atoms with van der Waals surface area (Å²) in [6.45, 7) is 5.57. The number of aryl methyl sites for hydroxylation is 2. The van der Waals surface area contributed by atoms with Gasteiger partial charge in [-0.05, 0) is 55.8 Å². The van der Waals surface area contributed by atoms with E-state index in [9.17, 15) is 23.1 Å². The molecule has 0 unspecified atom stereocenters. The van der Waals surface area contributed by atoms with E-state index in [-0.39, 0.29) is 60.1 Å². The van der Waals surface area contributed by atoms with Crippen LogP contribution in [0.3, 0.4) is 0 Å². The van der Waals surface area contributed by atoms with Crippen molar-refractivity contribution >= 4 is 38.4 Å². The molecule has 238 valence electrons. The van der Waals surface area contributed by atoms with E-state index in [1.54, 1.807) is 54.3 Å². The lowest BCUT2D eigenvalue weighted by atomic mass is 9.99. The summed E-state index contributed by atoms with van der Waals surface area (Å²) in [6, 6.07) is 18.9. The Labute approximate surface area is 264 Å². The molecule has 3 atom stereocenters. The molecule has 0 radical (unpaired) electrons. The lowest BCUT2D eigenvalue weighted by Crippen LogP contribution is -2.50. The average molecular weight is 633 g/mol. The number of benzene rings is 3. The summed E-state index contributed by atoms with van der Waals surface area (Å²) < 4.78 is 36.4. The van der Waals surface area contributed by atoms with Gasteiger partial charge in [0.15, 0.2) is 0 Å². The summed E-state index contributed by atoms with van der Waals surface area (Å²) in [6.07, 6.45) is 1.48. The number of rotatable bonds is 9. The van der Waals surface area contributed by atoms with E-state index >= 15 is 0 Å². The number of hydrogen-bond acceptors (Lipinski definition) is 6. The van der Waals surface area contributed by atoms with E-state index in [0.29, 0.717) is 5.69 Å². The smallest absolute Gasteiger partial charge is 0.258 e. The fourth-order valence-electron chi connectivity index (χ4n) is 5.70. The SMILES string of the molecule is Cc1ccc(S(=O)(=O)N(C)C[C@@H]2Oc3ccc(NC(=O)Cc4cn(C)c5ccccc45)cc3C(=O)N([C@H](C)CO)C[C@@H]2C)cc1. The Balaban J connectivity index is 1.41. The number of aliphatic hydroxyl groups is 1. The summed E-state index contributed by atoms with van der Waals surface area (Å²) in [5, 5.41) is 13.9. The number of carbonyl (C=O) groups is 2. The van der Waals surface area contributed by atoms with Crippen LogP contribution < -0.4 is 10.1 Å². The highest BCUT2D eigenvalue weighted by atomic mass is 32.2. The standard InChI is InChI=1S/C34H40N4O6S/c1-22-10-13-27(14-11-22)45(42,43)37(5)20-32-23(2)18-38(24(3)21-39)34(41)29-17-26(12-15-31(29)44-32)35-33(40)16-25-19-36(4)30-9-7-6-8-28(25)30/h6-15,17,19,23-24,32,39H,16,18,20-21H2,1-5H3,(H,35,40)/t23-,24+,32-/m0/s1. The number of aliphatic hydroxyl groups excluding tert-OH is 1. The molecule has 0 fully saturated rings. The number of para-hydroxylation sites is 1. The first-order chi connectivity index (χ1) is 21.4. The van der Waals surface area contributed by atoms with Crippen molar-refractivity contribution in [2.45, 2.75) is 44.2 Å². The summed E-state index contributed by atoms with van der Waals surface area (Å²) >= 11 is 0. The van der Waals surface area contributed by atoms with Crippen LogP contribution in [0, 0.1) is 12.8 Å². The fraction of sp³-hybridized carbons (Fsp3) is 0.353. The van der Waals surface area contributed by atoms with Crippen molar-refractivity contribution in [3.05, 3.63) is 89.6 Å². The second-order valence-corrected chi connectivity index (χ2v) is 14.0. The largest absolute Gasteiger partial charge is 0.488 e. The fourth-order valence-corrected chi connectivity index (χ4v) is 6.89. The molecule has 1 aliphatic rings. The first kappa shape index (κ1) is 32.2. The van der Waals surface area contributed by atoms with E-state index in [1.165, 1.54) is 11.4 Å². The molecule has 0 saturated carbocycles. The number of hydrogen-bond donors (Lipinski definition) is 2. The number of nitrogens with zero attached hydrogens (tertiary/aromatic N) is 3. The molecule has 1 aromatic heterocycles. The maximum atomic E-state index is 13.8. The lowest BCUT2D eigenvalue weighted by molar-refractivity contribution is -0.115. The number of fused-ring (bicyclic) bond motifs is 2. The number of ether oxygens (including phenoxy) is 1. The predicted octanol–water partition coefficient (Wildman–Crippen LogP) is 4.21. The van der Waals surface area contributed by atoms with Gasteiger partial charge in [-0.25, -0.2) is 8.42 Å². The average Bonchev–Trinajstić information content (AvgIpc) is 3.33. The van der Waals surface area contributed by atoms with Gasteiger partial charge in [0.1, 0.15) is 11.9 Å². The van der Waals surface area contributed by atoms with Crippen molar-refractivity contribution in [1.82, 2.24) is 13.8 Å². The van der Waals surface area contributed by atoms with Gasteiger partial charge in [0.05, 0.1) is 36.1 Å². The van der Waals surface area contributed by atoms with Gasteiger partial charge in [-0.2, -0.15) is 4.31 Å². The topological polar surface area (TPSA) is 121 Å². The second-order valence-electron chi connectivity index (χ2n) is 11.9. The van der Waals surface area contributed by atoms with Gasteiger partial charge in [0.2, 0.25) is 15.9 Å². The second kappa shape index (κ2) is 13.0. The molecule has 2 amide bonds. The third-order valence-corrected chi connectivity index (χ3v) is 10.3. The summed E-state index contributed by atoms with van der Waals surface area (Å²) in [5.41, 5.74) is 3.53. The van der Waals surface area contributed by atoms with E-state index < -0.39 is 22.2 Å². The van der Waals surface area contributed by atoms with Gasteiger partial charge >= 0.3 is 0 Å². The van der Waals surface area contributed by atoms with Crippen molar-refractivity contribution in [1.29, 1.82) is 0 Å². The van der Waals surface area contributed by atoms with Crippen molar-refractivity contribution in [2.75, 3.05) is 32.1 Å². The van der Waals surface area contributed by atoms with Gasteiger partial charge in [0, 0.05) is 49.3 Å². The number of anilines is 1. The van der Waals surface area contributed by atoms with Crippen molar-refractivity contribution in [2.24, 2.45) is 13.0 Å². The van der Waals surface area contributed by atoms with E-state index in [0.717, 1.165) is 22.0 Å². The van der Waals surface area contributed by atoms with Gasteiger partial charge < -0.3 is 24.6 Å². The number of nitrogens with one attached hydrogen (secondary N) is 1. The molecule has 3 aromatic carbocycles. The Morgan fingerprint density at radius 1 is 1.13 bits per heavy atom. The van der Waals surface area contributed by atoms with Crippen molar-refractivity contribution < 1.29 is 27.9 Å². The van der Waals surface area contributed by atoms with Gasteiger partial charge in [-0.1, -0.05) is 42.8 Å². The first-order valence-electron chi connectivity index (χ1n) is 15.0. The zero-order valence-electron chi connectivity index (χ0n) is 26.2. The Bertz CT molecular complexity index is 1820. The summed E-state index contributed by atoms with van der Waals surface area (Å²) in [4.78, 5) is 28.7. The van der Waals surface area contributed by atoms with E-state index in [4.69, 9.17) is 4.74 Å². The molecule has 10 nitrogen and oxygen atoms in total. The lowest BCUT2D eigenvalue weighted by Gasteiger charge is -2.38. The van der Waals surface area contributed by atoms with Crippen LogP contribution in [0.5, 0.6) is 5.75 Å². The Morgan fingerprint density at radius 2 is 1.84 bits per heavy atom. The quantitative estimate of drug-likeness (QED) is 0.285. The normalized spacial score (nSPS) is 17.8. The molecule has 0 aliphatic carbocycles. The molecule has 45 heavy (non-hydrogen) atoms. The highest BCUT2D eigenvalue weighted by Crippen LogP contribution is 2.31. The Kier molecular flexibility index (Phi) is 9.33. The predicted molar refractivity (Wildman–Crippen MR) is 174 cm³/mol. The molecule has 1 aliphatic heterocycles. The highest BCUT2D eigenvalue weighted by molar-refractivity contribution is 7.89. The van der Waals surface area contributed by atoms with Crippen LogP contribution in [0.2, 0.25) is 0 Å². The minimum atomic E-state index is -3.80. The molecule has 0 bridgehead atoms. The number of sulfonamides is 1. The summed E-state index contributed by atoms with van der Waals surface area (Å²) in [7, 11) is -0.346. The van der Waals surface area contributed by atoms with Gasteiger partial charge in [0.25, 0.3) is 5.91 Å². The number of carbonyl (C=O) groups excluding carboxylic acids is 2. The summed E-state index contributed by atoms with van der Waals surface area (Å²) in [5.74, 6) is -0.574. The molecule has 0 saturated heterocycles. The maximum Gasteiger partial charge on any atom is 0.258 e. The third kappa shape index (κ3) is 6.75. The molecular weight excluding hydrogens is 592 g/mol. The van der Waals surface area contributed by atoms with Crippen LogP contribution in [0.15, 0.2) is 77.8 Å². The molecule has 0 spiro atoms. The van der Waals surface area contributed by atoms with E-state index in [2.05, 4.69) is 5.32 Å². The monoisotopic (exact) mass is 632 g/mol.